The summed E-state index contributed by atoms with van der Waals surface area (Å²) in [7, 11) is 1.58. The van der Waals surface area contributed by atoms with Gasteiger partial charge in [0.05, 0.1) is 6.61 Å². The third kappa shape index (κ3) is 4.09. The lowest BCUT2D eigenvalue weighted by molar-refractivity contribution is -0.183. The van der Waals surface area contributed by atoms with E-state index in [2.05, 4.69) is 36.4 Å². The standard InChI is InChI=1S/C26H26O4/c1-28-25-18-17-23(27)24(30-25)19-29-26(20-11-5-2-6-12-20,21-13-7-3-8-14-21)22-15-9-4-10-16-22/h2-18,23-25,27H,19H2,1H3/t23-,24-,25-/m1/s1. The topological polar surface area (TPSA) is 47.9 Å². The first-order valence-electron chi connectivity index (χ1n) is 10.1. The van der Waals surface area contributed by atoms with Crippen molar-refractivity contribution in [1.29, 1.82) is 0 Å². The van der Waals surface area contributed by atoms with Crippen molar-refractivity contribution in [2.24, 2.45) is 0 Å². The van der Waals surface area contributed by atoms with E-state index in [1.165, 1.54) is 0 Å². The third-order valence-corrected chi connectivity index (χ3v) is 5.39. The predicted octanol–water partition coefficient (Wildman–Crippen LogP) is 4.28. The molecular weight excluding hydrogens is 376 g/mol. The molecule has 1 aliphatic heterocycles. The Hall–Kier alpha value is -2.76. The van der Waals surface area contributed by atoms with Gasteiger partial charge in [-0.25, -0.2) is 0 Å². The monoisotopic (exact) mass is 402 g/mol. The SMILES string of the molecule is CO[C@H]1C=C[C@@H](O)[C@@H](COC(c2ccccc2)(c2ccccc2)c2ccccc2)O1. The number of methoxy groups -OCH3 is 1. The Bertz CT molecular complexity index is 844. The van der Waals surface area contributed by atoms with Crippen molar-refractivity contribution < 1.29 is 19.3 Å². The van der Waals surface area contributed by atoms with Crippen LogP contribution in [-0.2, 0) is 19.8 Å². The molecule has 4 rings (SSSR count). The van der Waals surface area contributed by atoms with Crippen LogP contribution in [0.4, 0.5) is 0 Å². The number of aliphatic hydroxyl groups is 1. The first-order valence-corrected chi connectivity index (χ1v) is 10.1. The molecule has 154 valence electrons. The number of hydrogen-bond donors (Lipinski definition) is 1. The summed E-state index contributed by atoms with van der Waals surface area (Å²) < 4.78 is 17.9. The minimum Gasteiger partial charge on any atom is -0.386 e. The van der Waals surface area contributed by atoms with Gasteiger partial charge in [-0.05, 0) is 22.8 Å². The fourth-order valence-corrected chi connectivity index (χ4v) is 3.87. The van der Waals surface area contributed by atoms with Gasteiger partial charge in [0.2, 0.25) is 0 Å². The van der Waals surface area contributed by atoms with Crippen molar-refractivity contribution in [3.8, 4) is 0 Å². The molecule has 3 aromatic carbocycles. The van der Waals surface area contributed by atoms with E-state index in [1.54, 1.807) is 19.3 Å². The summed E-state index contributed by atoms with van der Waals surface area (Å²) in [4.78, 5) is 0. The summed E-state index contributed by atoms with van der Waals surface area (Å²) in [6, 6.07) is 30.4. The van der Waals surface area contributed by atoms with E-state index in [1.807, 2.05) is 54.6 Å². The highest BCUT2D eigenvalue weighted by molar-refractivity contribution is 5.47. The van der Waals surface area contributed by atoms with Crippen LogP contribution in [0.3, 0.4) is 0 Å². The maximum absolute atomic E-state index is 10.4. The van der Waals surface area contributed by atoms with E-state index in [0.29, 0.717) is 0 Å². The maximum Gasteiger partial charge on any atom is 0.177 e. The Morgan fingerprint density at radius 1 is 0.767 bits per heavy atom. The Labute approximate surface area is 177 Å². The average molecular weight is 402 g/mol. The first-order chi connectivity index (χ1) is 14.7. The zero-order valence-corrected chi connectivity index (χ0v) is 16.9. The van der Waals surface area contributed by atoms with Gasteiger partial charge in [0, 0.05) is 7.11 Å². The van der Waals surface area contributed by atoms with E-state index in [9.17, 15) is 5.11 Å². The number of hydrogen-bond acceptors (Lipinski definition) is 4. The second-order valence-corrected chi connectivity index (χ2v) is 7.24. The van der Waals surface area contributed by atoms with Crippen LogP contribution in [0.5, 0.6) is 0 Å². The lowest BCUT2D eigenvalue weighted by atomic mass is 9.80. The zero-order chi connectivity index (χ0) is 20.8. The minimum atomic E-state index is -0.851. The lowest BCUT2D eigenvalue weighted by Crippen LogP contribution is -2.43. The molecular formula is C26H26O4. The smallest absolute Gasteiger partial charge is 0.177 e. The lowest BCUT2D eigenvalue weighted by Gasteiger charge is -2.38. The molecule has 3 atom stereocenters. The van der Waals surface area contributed by atoms with Crippen molar-refractivity contribution in [2.45, 2.75) is 24.1 Å². The zero-order valence-electron chi connectivity index (χ0n) is 16.9. The predicted molar refractivity (Wildman–Crippen MR) is 116 cm³/mol. The highest BCUT2D eigenvalue weighted by Crippen LogP contribution is 2.40. The molecule has 0 spiro atoms. The number of ether oxygens (including phenoxy) is 3. The Morgan fingerprint density at radius 2 is 1.23 bits per heavy atom. The fourth-order valence-electron chi connectivity index (χ4n) is 3.87. The van der Waals surface area contributed by atoms with Crippen LogP contribution in [0.25, 0.3) is 0 Å². The van der Waals surface area contributed by atoms with Crippen molar-refractivity contribution in [3.05, 3.63) is 120 Å². The van der Waals surface area contributed by atoms with Gasteiger partial charge < -0.3 is 19.3 Å². The van der Waals surface area contributed by atoms with Crippen molar-refractivity contribution in [1.82, 2.24) is 0 Å². The Balaban J connectivity index is 1.78. The molecule has 1 aliphatic rings. The summed E-state index contributed by atoms with van der Waals surface area (Å²) >= 11 is 0. The molecule has 0 radical (unpaired) electrons. The van der Waals surface area contributed by atoms with Crippen LogP contribution in [0.1, 0.15) is 16.7 Å². The molecule has 0 aliphatic carbocycles. The molecule has 0 amide bonds. The summed E-state index contributed by atoms with van der Waals surface area (Å²) in [5.74, 6) is 0. The molecule has 0 bridgehead atoms. The van der Waals surface area contributed by atoms with Crippen molar-refractivity contribution in [2.75, 3.05) is 13.7 Å². The first kappa shape index (κ1) is 20.5. The molecule has 0 saturated carbocycles. The molecule has 3 aromatic rings. The second-order valence-electron chi connectivity index (χ2n) is 7.24. The van der Waals surface area contributed by atoms with E-state index in [-0.39, 0.29) is 6.61 Å². The number of aliphatic hydroxyl groups excluding tert-OH is 1. The van der Waals surface area contributed by atoms with Gasteiger partial charge in [0.1, 0.15) is 17.8 Å². The van der Waals surface area contributed by atoms with E-state index < -0.39 is 24.1 Å². The molecule has 1 heterocycles. The van der Waals surface area contributed by atoms with Gasteiger partial charge in [-0.3, -0.25) is 0 Å². The summed E-state index contributed by atoms with van der Waals surface area (Å²) in [6.45, 7) is 0.185. The molecule has 0 unspecified atom stereocenters. The second kappa shape index (κ2) is 9.37. The highest BCUT2D eigenvalue weighted by Gasteiger charge is 2.39. The normalized spacial score (nSPS) is 21.5. The molecule has 4 nitrogen and oxygen atoms in total. The van der Waals surface area contributed by atoms with Gasteiger partial charge in [-0.15, -0.1) is 0 Å². The minimum absolute atomic E-state index is 0.185. The summed E-state index contributed by atoms with van der Waals surface area (Å²) in [6.07, 6.45) is 1.59. The quantitative estimate of drug-likeness (QED) is 0.473. The van der Waals surface area contributed by atoms with E-state index in [4.69, 9.17) is 14.2 Å². The molecule has 1 N–H and O–H groups in total. The Kier molecular flexibility index (Phi) is 6.41. The van der Waals surface area contributed by atoms with Crippen molar-refractivity contribution in [3.63, 3.8) is 0 Å². The van der Waals surface area contributed by atoms with Crippen LogP contribution in [0, 0.1) is 0 Å². The Morgan fingerprint density at radius 3 is 1.67 bits per heavy atom. The molecule has 30 heavy (non-hydrogen) atoms. The molecule has 0 fully saturated rings. The largest absolute Gasteiger partial charge is 0.386 e. The third-order valence-electron chi connectivity index (χ3n) is 5.39. The summed E-state index contributed by atoms with van der Waals surface area (Å²) in [5.41, 5.74) is 2.17. The van der Waals surface area contributed by atoms with Crippen LogP contribution < -0.4 is 0 Å². The fraction of sp³-hybridized carbons (Fsp3) is 0.231. The van der Waals surface area contributed by atoms with Gasteiger partial charge in [0.15, 0.2) is 6.29 Å². The average Bonchev–Trinajstić information content (AvgIpc) is 2.82. The van der Waals surface area contributed by atoms with Crippen LogP contribution >= 0.6 is 0 Å². The molecule has 4 heteroatoms. The molecule has 0 aromatic heterocycles. The maximum atomic E-state index is 10.4. The van der Waals surface area contributed by atoms with Crippen molar-refractivity contribution >= 4 is 0 Å². The number of rotatable bonds is 7. The van der Waals surface area contributed by atoms with Gasteiger partial charge >= 0.3 is 0 Å². The van der Waals surface area contributed by atoms with Gasteiger partial charge in [-0.1, -0.05) is 97.1 Å². The number of benzene rings is 3. The van der Waals surface area contributed by atoms with Crippen LogP contribution in [0.15, 0.2) is 103 Å². The highest BCUT2D eigenvalue weighted by atomic mass is 16.7. The van der Waals surface area contributed by atoms with Gasteiger partial charge in [-0.2, -0.15) is 0 Å². The van der Waals surface area contributed by atoms with E-state index in [0.717, 1.165) is 16.7 Å². The van der Waals surface area contributed by atoms with Gasteiger partial charge in [0.25, 0.3) is 0 Å². The van der Waals surface area contributed by atoms with Crippen LogP contribution in [-0.4, -0.2) is 37.3 Å². The van der Waals surface area contributed by atoms with Crippen LogP contribution in [0.2, 0.25) is 0 Å². The summed E-state index contributed by atoms with van der Waals surface area (Å²) in [5, 5.41) is 10.4. The molecule has 0 saturated heterocycles. The van der Waals surface area contributed by atoms with E-state index >= 15 is 0 Å².